The normalized spacial score (nSPS) is 15.4. The van der Waals surface area contributed by atoms with Gasteiger partial charge in [0.15, 0.2) is 0 Å². The van der Waals surface area contributed by atoms with Crippen molar-refractivity contribution in [2.75, 3.05) is 11.9 Å². The largest absolute Gasteiger partial charge is 0.378 e. The van der Waals surface area contributed by atoms with Crippen LogP contribution in [0.25, 0.3) is 0 Å². The van der Waals surface area contributed by atoms with Gasteiger partial charge in [0, 0.05) is 24.7 Å². The molecule has 100 valence electrons. The monoisotopic (exact) mass is 257 g/mol. The lowest BCUT2D eigenvalue weighted by Crippen LogP contribution is -2.25. The molecule has 1 aromatic carbocycles. The standard InChI is InChI=1S/C16H19NO2/c1-16(2,19)10-9-12-7-8-13-5-4-6-15(18)17(3)14(13)11-12/h7-8,11,19H,4-6H2,1-3H3. The maximum atomic E-state index is 11.9. The Morgan fingerprint density at radius 3 is 2.74 bits per heavy atom. The van der Waals surface area contributed by atoms with Crippen LogP contribution >= 0.6 is 0 Å². The summed E-state index contributed by atoms with van der Waals surface area (Å²) in [4.78, 5) is 13.6. The van der Waals surface area contributed by atoms with E-state index in [0.29, 0.717) is 6.42 Å². The Morgan fingerprint density at radius 1 is 1.32 bits per heavy atom. The minimum Gasteiger partial charge on any atom is -0.378 e. The molecular weight excluding hydrogens is 238 g/mol. The minimum atomic E-state index is -1.01. The molecule has 0 bridgehead atoms. The molecule has 2 rings (SSSR count). The lowest BCUT2D eigenvalue weighted by molar-refractivity contribution is -0.118. The molecule has 0 unspecified atom stereocenters. The number of aryl methyl sites for hydroxylation is 1. The highest BCUT2D eigenvalue weighted by atomic mass is 16.3. The molecule has 0 fully saturated rings. The van der Waals surface area contributed by atoms with Crippen molar-refractivity contribution < 1.29 is 9.90 Å². The molecule has 0 radical (unpaired) electrons. The van der Waals surface area contributed by atoms with E-state index in [1.807, 2.05) is 18.2 Å². The van der Waals surface area contributed by atoms with Crippen LogP contribution in [0.1, 0.15) is 37.8 Å². The molecule has 0 aliphatic carbocycles. The van der Waals surface area contributed by atoms with E-state index < -0.39 is 5.60 Å². The van der Waals surface area contributed by atoms with Crippen molar-refractivity contribution >= 4 is 11.6 Å². The predicted molar refractivity (Wildman–Crippen MR) is 76.0 cm³/mol. The van der Waals surface area contributed by atoms with Crippen molar-refractivity contribution in [2.24, 2.45) is 0 Å². The van der Waals surface area contributed by atoms with Gasteiger partial charge in [-0.3, -0.25) is 4.79 Å². The second-order valence-corrected chi connectivity index (χ2v) is 5.46. The number of hydrogen-bond donors (Lipinski definition) is 1. The highest BCUT2D eigenvalue weighted by Gasteiger charge is 2.18. The Kier molecular flexibility index (Phi) is 3.64. The fourth-order valence-corrected chi connectivity index (χ4v) is 2.12. The second-order valence-electron chi connectivity index (χ2n) is 5.46. The van der Waals surface area contributed by atoms with Gasteiger partial charge in [-0.2, -0.15) is 0 Å². The SMILES string of the molecule is CN1C(=O)CCCc2ccc(C#CC(C)(C)O)cc21. The summed E-state index contributed by atoms with van der Waals surface area (Å²) < 4.78 is 0. The molecule has 0 atom stereocenters. The molecule has 1 aromatic rings. The molecule has 3 heteroatoms. The number of anilines is 1. The fourth-order valence-electron chi connectivity index (χ4n) is 2.12. The van der Waals surface area contributed by atoms with Gasteiger partial charge in [-0.05, 0) is 44.4 Å². The third-order valence-corrected chi connectivity index (χ3v) is 3.17. The first-order valence-corrected chi connectivity index (χ1v) is 6.52. The molecule has 0 saturated carbocycles. The molecule has 1 heterocycles. The van der Waals surface area contributed by atoms with Crippen LogP contribution in [0.2, 0.25) is 0 Å². The lowest BCUT2D eigenvalue weighted by Gasteiger charge is -2.17. The molecule has 19 heavy (non-hydrogen) atoms. The van der Waals surface area contributed by atoms with Crippen LogP contribution in [0.15, 0.2) is 18.2 Å². The molecule has 1 N–H and O–H groups in total. The number of fused-ring (bicyclic) bond motifs is 1. The smallest absolute Gasteiger partial charge is 0.226 e. The van der Waals surface area contributed by atoms with Crippen molar-refractivity contribution in [3.05, 3.63) is 29.3 Å². The van der Waals surface area contributed by atoms with E-state index in [2.05, 4.69) is 11.8 Å². The molecule has 3 nitrogen and oxygen atoms in total. The summed E-state index contributed by atoms with van der Waals surface area (Å²) in [5.74, 6) is 5.89. The molecule has 0 spiro atoms. The molecular formula is C16H19NO2. The summed E-state index contributed by atoms with van der Waals surface area (Å²) in [5, 5.41) is 9.62. The van der Waals surface area contributed by atoms with E-state index in [0.717, 1.165) is 24.1 Å². The van der Waals surface area contributed by atoms with Crippen molar-refractivity contribution in [1.82, 2.24) is 0 Å². The van der Waals surface area contributed by atoms with Crippen LogP contribution in [0.3, 0.4) is 0 Å². The number of carbonyl (C=O) groups excluding carboxylic acids is 1. The highest BCUT2D eigenvalue weighted by molar-refractivity contribution is 5.94. The van der Waals surface area contributed by atoms with Crippen molar-refractivity contribution in [3.63, 3.8) is 0 Å². The average molecular weight is 257 g/mol. The van der Waals surface area contributed by atoms with E-state index in [1.54, 1.807) is 25.8 Å². The van der Waals surface area contributed by atoms with Gasteiger partial charge in [-0.1, -0.05) is 17.9 Å². The van der Waals surface area contributed by atoms with Gasteiger partial charge in [0.2, 0.25) is 5.91 Å². The van der Waals surface area contributed by atoms with Gasteiger partial charge in [-0.15, -0.1) is 0 Å². The number of rotatable bonds is 0. The Labute approximate surface area is 114 Å². The van der Waals surface area contributed by atoms with E-state index in [-0.39, 0.29) is 5.91 Å². The molecule has 1 aliphatic heterocycles. The Morgan fingerprint density at radius 2 is 2.05 bits per heavy atom. The van der Waals surface area contributed by atoms with E-state index in [9.17, 15) is 9.90 Å². The fraction of sp³-hybridized carbons (Fsp3) is 0.438. The zero-order valence-corrected chi connectivity index (χ0v) is 11.7. The number of aliphatic hydroxyl groups is 1. The zero-order valence-electron chi connectivity index (χ0n) is 11.7. The van der Waals surface area contributed by atoms with Gasteiger partial charge in [0.25, 0.3) is 0 Å². The van der Waals surface area contributed by atoms with Crippen LogP contribution in [0, 0.1) is 11.8 Å². The van der Waals surface area contributed by atoms with Crippen LogP contribution < -0.4 is 4.90 Å². The summed E-state index contributed by atoms with van der Waals surface area (Å²) in [6.45, 7) is 3.30. The first-order chi connectivity index (χ1) is 8.87. The summed E-state index contributed by atoms with van der Waals surface area (Å²) in [6, 6.07) is 5.90. The zero-order chi connectivity index (χ0) is 14.0. The Hall–Kier alpha value is -1.79. The third-order valence-electron chi connectivity index (χ3n) is 3.17. The van der Waals surface area contributed by atoms with Crippen molar-refractivity contribution in [2.45, 2.75) is 38.7 Å². The van der Waals surface area contributed by atoms with Crippen LogP contribution in [0.5, 0.6) is 0 Å². The second kappa shape index (κ2) is 5.07. The quantitative estimate of drug-likeness (QED) is 0.723. The minimum absolute atomic E-state index is 0.145. The van der Waals surface area contributed by atoms with E-state index in [1.165, 1.54) is 5.56 Å². The first-order valence-electron chi connectivity index (χ1n) is 6.52. The van der Waals surface area contributed by atoms with Crippen molar-refractivity contribution in [3.8, 4) is 11.8 Å². The highest BCUT2D eigenvalue weighted by Crippen LogP contribution is 2.26. The van der Waals surface area contributed by atoms with Gasteiger partial charge >= 0.3 is 0 Å². The van der Waals surface area contributed by atoms with Crippen LogP contribution in [0.4, 0.5) is 5.69 Å². The third kappa shape index (κ3) is 3.36. The van der Waals surface area contributed by atoms with Crippen LogP contribution in [-0.4, -0.2) is 23.7 Å². The Balaban J connectivity index is 2.39. The average Bonchev–Trinajstić information content (AvgIpc) is 2.47. The van der Waals surface area contributed by atoms with E-state index in [4.69, 9.17) is 0 Å². The van der Waals surface area contributed by atoms with E-state index >= 15 is 0 Å². The van der Waals surface area contributed by atoms with Gasteiger partial charge in [-0.25, -0.2) is 0 Å². The number of carbonyl (C=O) groups is 1. The number of hydrogen-bond acceptors (Lipinski definition) is 2. The molecule has 1 amide bonds. The molecule has 0 saturated heterocycles. The van der Waals surface area contributed by atoms with Gasteiger partial charge in [0.05, 0.1) is 0 Å². The van der Waals surface area contributed by atoms with Crippen molar-refractivity contribution in [1.29, 1.82) is 0 Å². The van der Waals surface area contributed by atoms with Gasteiger partial charge < -0.3 is 10.0 Å². The first kappa shape index (κ1) is 13.6. The lowest BCUT2D eigenvalue weighted by atomic mass is 10.0. The molecule has 1 aliphatic rings. The Bertz CT molecular complexity index is 558. The summed E-state index contributed by atoms with van der Waals surface area (Å²) >= 11 is 0. The maximum Gasteiger partial charge on any atom is 0.226 e. The van der Waals surface area contributed by atoms with Gasteiger partial charge in [0.1, 0.15) is 5.60 Å². The number of amides is 1. The summed E-state index contributed by atoms with van der Waals surface area (Å²) in [7, 11) is 1.81. The molecule has 0 aromatic heterocycles. The number of benzene rings is 1. The maximum absolute atomic E-state index is 11.9. The topological polar surface area (TPSA) is 40.5 Å². The summed E-state index contributed by atoms with van der Waals surface area (Å²) in [5.41, 5.74) is 1.93. The summed E-state index contributed by atoms with van der Waals surface area (Å²) in [6.07, 6.45) is 2.41. The number of nitrogens with zero attached hydrogens (tertiary/aromatic N) is 1. The van der Waals surface area contributed by atoms with Crippen LogP contribution in [-0.2, 0) is 11.2 Å². The predicted octanol–water partition coefficient (Wildman–Crippen LogP) is 2.11.